The quantitative estimate of drug-likeness (QED) is 0.752. The maximum Gasteiger partial charge on any atom is 0.0700 e. The highest BCUT2D eigenvalue weighted by molar-refractivity contribution is 4.85. The summed E-state index contributed by atoms with van der Waals surface area (Å²) in [5, 5.41) is 10.00. The van der Waals surface area contributed by atoms with Gasteiger partial charge in [-0.15, -0.1) is 0 Å². The van der Waals surface area contributed by atoms with Gasteiger partial charge in [0.05, 0.1) is 18.8 Å². The molecular weight excluding hydrogens is 190 g/mol. The number of hydrogen-bond acceptors (Lipinski definition) is 3. The molecule has 3 heteroatoms. The Morgan fingerprint density at radius 3 is 2.87 bits per heavy atom. The van der Waals surface area contributed by atoms with Crippen molar-refractivity contribution in [2.24, 2.45) is 0 Å². The third-order valence-corrected chi connectivity index (χ3v) is 3.79. The van der Waals surface area contributed by atoms with Crippen molar-refractivity contribution in [1.82, 2.24) is 4.90 Å². The van der Waals surface area contributed by atoms with E-state index in [4.69, 9.17) is 4.74 Å². The maximum atomic E-state index is 10.00. The molecule has 1 N–H and O–H groups in total. The fourth-order valence-corrected chi connectivity index (χ4v) is 2.81. The van der Waals surface area contributed by atoms with Crippen LogP contribution in [0.15, 0.2) is 0 Å². The van der Waals surface area contributed by atoms with Gasteiger partial charge in [-0.2, -0.15) is 0 Å². The number of hydrogen-bond donors (Lipinski definition) is 1. The minimum atomic E-state index is -0.102. The van der Waals surface area contributed by atoms with E-state index in [0.717, 1.165) is 39.0 Å². The predicted molar refractivity (Wildman–Crippen MR) is 59.9 cm³/mol. The monoisotopic (exact) mass is 213 g/mol. The molecule has 1 saturated carbocycles. The van der Waals surface area contributed by atoms with Crippen LogP contribution in [0, 0.1) is 0 Å². The fourth-order valence-electron chi connectivity index (χ4n) is 2.81. The van der Waals surface area contributed by atoms with Gasteiger partial charge in [0.25, 0.3) is 0 Å². The maximum absolute atomic E-state index is 10.00. The SMILES string of the molecule is CCC1CN([C@H]2CCCC[C@@H]2O)CCO1. The number of aliphatic hydroxyl groups is 1. The molecule has 2 aliphatic rings. The molecule has 0 bridgehead atoms. The standard InChI is InChI=1S/C12H23NO2/c1-2-10-9-13(7-8-15-10)11-5-3-4-6-12(11)14/h10-12,14H,2-9H2,1H3/t10?,11-,12-/m0/s1. The summed E-state index contributed by atoms with van der Waals surface area (Å²) >= 11 is 0. The summed E-state index contributed by atoms with van der Waals surface area (Å²) in [7, 11) is 0. The summed E-state index contributed by atoms with van der Waals surface area (Å²) in [6, 6.07) is 0.400. The van der Waals surface area contributed by atoms with Crippen LogP contribution in [-0.4, -0.2) is 48.0 Å². The van der Waals surface area contributed by atoms with Crippen molar-refractivity contribution in [3.63, 3.8) is 0 Å². The van der Waals surface area contributed by atoms with Crippen LogP contribution < -0.4 is 0 Å². The van der Waals surface area contributed by atoms with Crippen LogP contribution in [0.25, 0.3) is 0 Å². The van der Waals surface area contributed by atoms with Crippen molar-refractivity contribution in [3.05, 3.63) is 0 Å². The summed E-state index contributed by atoms with van der Waals surface area (Å²) in [5.74, 6) is 0. The molecule has 3 atom stereocenters. The van der Waals surface area contributed by atoms with Gasteiger partial charge in [0, 0.05) is 19.1 Å². The van der Waals surface area contributed by atoms with Crippen molar-refractivity contribution in [2.75, 3.05) is 19.7 Å². The van der Waals surface area contributed by atoms with Gasteiger partial charge in [0.2, 0.25) is 0 Å². The molecule has 1 saturated heterocycles. The van der Waals surface area contributed by atoms with Crippen LogP contribution in [0.4, 0.5) is 0 Å². The van der Waals surface area contributed by atoms with Crippen molar-refractivity contribution < 1.29 is 9.84 Å². The summed E-state index contributed by atoms with van der Waals surface area (Å²) < 4.78 is 5.66. The second-order valence-corrected chi connectivity index (χ2v) is 4.82. The molecule has 1 heterocycles. The van der Waals surface area contributed by atoms with Gasteiger partial charge in [-0.1, -0.05) is 19.8 Å². The molecule has 0 aromatic rings. The normalized spacial score (nSPS) is 39.2. The van der Waals surface area contributed by atoms with Gasteiger partial charge in [0.1, 0.15) is 0 Å². The second kappa shape index (κ2) is 5.28. The Hall–Kier alpha value is -0.120. The van der Waals surface area contributed by atoms with Crippen LogP contribution in [-0.2, 0) is 4.74 Å². The number of nitrogens with zero attached hydrogens (tertiary/aromatic N) is 1. The zero-order valence-corrected chi connectivity index (χ0v) is 9.69. The molecule has 1 aliphatic heterocycles. The van der Waals surface area contributed by atoms with E-state index in [1.165, 1.54) is 12.8 Å². The van der Waals surface area contributed by atoms with Crippen molar-refractivity contribution in [1.29, 1.82) is 0 Å². The molecule has 1 unspecified atom stereocenters. The van der Waals surface area contributed by atoms with Crippen molar-refractivity contribution in [3.8, 4) is 0 Å². The predicted octanol–water partition coefficient (Wildman–Crippen LogP) is 1.40. The van der Waals surface area contributed by atoms with Gasteiger partial charge in [0.15, 0.2) is 0 Å². The van der Waals surface area contributed by atoms with Crippen LogP contribution in [0.5, 0.6) is 0 Å². The van der Waals surface area contributed by atoms with Crippen LogP contribution >= 0.6 is 0 Å². The Morgan fingerprint density at radius 1 is 1.33 bits per heavy atom. The molecule has 88 valence electrons. The smallest absolute Gasteiger partial charge is 0.0700 e. The number of aliphatic hydroxyl groups excluding tert-OH is 1. The van der Waals surface area contributed by atoms with Crippen LogP contribution in [0.3, 0.4) is 0 Å². The Bertz CT molecular complexity index is 198. The summed E-state index contributed by atoms with van der Waals surface area (Å²) in [4.78, 5) is 2.45. The molecular formula is C12H23NO2. The molecule has 3 nitrogen and oxygen atoms in total. The Kier molecular flexibility index (Phi) is 4.00. The highest BCUT2D eigenvalue weighted by Gasteiger charge is 2.31. The average molecular weight is 213 g/mol. The van der Waals surface area contributed by atoms with Crippen molar-refractivity contribution >= 4 is 0 Å². The van der Waals surface area contributed by atoms with Gasteiger partial charge in [-0.3, -0.25) is 4.90 Å². The zero-order valence-electron chi connectivity index (χ0n) is 9.69. The first kappa shape index (κ1) is 11.4. The molecule has 0 aromatic heterocycles. The van der Waals surface area contributed by atoms with Crippen LogP contribution in [0.2, 0.25) is 0 Å². The number of morpholine rings is 1. The molecule has 1 aliphatic carbocycles. The molecule has 2 rings (SSSR count). The van der Waals surface area contributed by atoms with E-state index in [1.807, 2.05) is 0 Å². The highest BCUT2D eigenvalue weighted by atomic mass is 16.5. The van der Waals surface area contributed by atoms with E-state index in [9.17, 15) is 5.11 Å². The zero-order chi connectivity index (χ0) is 10.7. The second-order valence-electron chi connectivity index (χ2n) is 4.82. The topological polar surface area (TPSA) is 32.7 Å². The third kappa shape index (κ3) is 2.71. The lowest BCUT2D eigenvalue weighted by molar-refractivity contribution is -0.0739. The molecule has 15 heavy (non-hydrogen) atoms. The lowest BCUT2D eigenvalue weighted by Gasteiger charge is -2.41. The van der Waals surface area contributed by atoms with E-state index in [1.54, 1.807) is 0 Å². The Balaban J connectivity index is 1.90. The van der Waals surface area contributed by atoms with Gasteiger partial charge in [-0.05, 0) is 19.3 Å². The van der Waals surface area contributed by atoms with E-state index >= 15 is 0 Å². The molecule has 0 radical (unpaired) electrons. The Labute approximate surface area is 92.4 Å². The van der Waals surface area contributed by atoms with Crippen LogP contribution in [0.1, 0.15) is 39.0 Å². The van der Waals surface area contributed by atoms with E-state index in [2.05, 4.69) is 11.8 Å². The van der Waals surface area contributed by atoms with Crippen molar-refractivity contribution in [2.45, 2.75) is 57.3 Å². The fraction of sp³-hybridized carbons (Fsp3) is 1.00. The molecule has 2 fully saturated rings. The van der Waals surface area contributed by atoms with Gasteiger partial charge < -0.3 is 9.84 Å². The molecule has 0 aromatic carbocycles. The number of ether oxygens (including phenoxy) is 1. The first-order valence-electron chi connectivity index (χ1n) is 6.35. The number of rotatable bonds is 2. The highest BCUT2D eigenvalue weighted by Crippen LogP contribution is 2.25. The van der Waals surface area contributed by atoms with Gasteiger partial charge in [-0.25, -0.2) is 0 Å². The summed E-state index contributed by atoms with van der Waals surface area (Å²) in [5.41, 5.74) is 0. The van der Waals surface area contributed by atoms with E-state index in [-0.39, 0.29) is 6.10 Å². The first-order chi connectivity index (χ1) is 7.31. The minimum absolute atomic E-state index is 0.102. The summed E-state index contributed by atoms with van der Waals surface area (Å²) in [6.45, 7) is 5.02. The Morgan fingerprint density at radius 2 is 2.13 bits per heavy atom. The minimum Gasteiger partial charge on any atom is -0.391 e. The average Bonchev–Trinajstić information content (AvgIpc) is 2.30. The molecule has 0 spiro atoms. The largest absolute Gasteiger partial charge is 0.391 e. The molecule has 0 amide bonds. The van der Waals surface area contributed by atoms with E-state index in [0.29, 0.717) is 12.1 Å². The van der Waals surface area contributed by atoms with Gasteiger partial charge >= 0.3 is 0 Å². The summed E-state index contributed by atoms with van der Waals surface area (Å²) in [6.07, 6.45) is 5.98. The lowest BCUT2D eigenvalue weighted by Crippen LogP contribution is -2.52. The lowest BCUT2D eigenvalue weighted by atomic mass is 9.91. The van der Waals surface area contributed by atoms with E-state index < -0.39 is 0 Å². The third-order valence-electron chi connectivity index (χ3n) is 3.79. The first-order valence-corrected chi connectivity index (χ1v) is 6.35.